The molecule has 0 saturated heterocycles. The molecule has 0 heterocycles. The van der Waals surface area contributed by atoms with Crippen LogP contribution in [-0.4, -0.2) is 23.7 Å². The van der Waals surface area contributed by atoms with Crippen LogP contribution >= 0.6 is 0 Å². The number of aryl methyl sites for hydroxylation is 3. The second-order valence-corrected chi connectivity index (χ2v) is 4.80. The minimum atomic E-state index is -0.751. The van der Waals surface area contributed by atoms with Crippen LogP contribution in [0.15, 0.2) is 12.1 Å². The summed E-state index contributed by atoms with van der Waals surface area (Å²) in [6.07, 6.45) is 0.607. The first kappa shape index (κ1) is 14.6. The van der Waals surface area contributed by atoms with E-state index in [2.05, 4.69) is 19.1 Å². The van der Waals surface area contributed by atoms with Crippen molar-refractivity contribution in [1.82, 2.24) is 0 Å². The summed E-state index contributed by atoms with van der Waals surface area (Å²) in [5.74, 6) is -0.751. The van der Waals surface area contributed by atoms with E-state index in [0.717, 1.165) is 16.8 Å². The van der Waals surface area contributed by atoms with Crippen molar-refractivity contribution in [2.24, 2.45) is 0 Å². The van der Waals surface area contributed by atoms with Gasteiger partial charge in [-0.25, -0.2) is 4.79 Å². The van der Waals surface area contributed by atoms with E-state index >= 15 is 0 Å². The third-order valence-electron chi connectivity index (χ3n) is 3.31. The van der Waals surface area contributed by atoms with Gasteiger partial charge in [0.2, 0.25) is 0 Å². The minimum Gasteiger partial charge on any atom is -0.480 e. The first-order valence-electron chi connectivity index (χ1n) is 6.49. The van der Waals surface area contributed by atoms with E-state index in [-0.39, 0.29) is 0 Å². The van der Waals surface area contributed by atoms with Gasteiger partial charge in [0, 0.05) is 12.2 Å². The van der Waals surface area contributed by atoms with Gasteiger partial charge in [-0.05, 0) is 45.2 Å². The van der Waals surface area contributed by atoms with E-state index in [9.17, 15) is 9.90 Å². The highest BCUT2D eigenvalue weighted by Crippen LogP contribution is 2.28. The topological polar surface area (TPSA) is 40.5 Å². The van der Waals surface area contributed by atoms with Crippen LogP contribution in [0.2, 0.25) is 0 Å². The van der Waals surface area contributed by atoms with Gasteiger partial charge in [0.25, 0.3) is 0 Å². The highest BCUT2D eigenvalue weighted by atomic mass is 16.4. The van der Waals surface area contributed by atoms with Gasteiger partial charge in [-0.15, -0.1) is 0 Å². The lowest BCUT2D eigenvalue weighted by Gasteiger charge is -2.32. The molecule has 0 bridgehead atoms. The lowest BCUT2D eigenvalue weighted by molar-refractivity contribution is -0.138. The van der Waals surface area contributed by atoms with Crippen LogP contribution in [0, 0.1) is 20.8 Å². The van der Waals surface area contributed by atoms with Crippen LogP contribution in [0.5, 0.6) is 0 Å². The van der Waals surface area contributed by atoms with Gasteiger partial charge < -0.3 is 10.0 Å². The highest BCUT2D eigenvalue weighted by Gasteiger charge is 2.25. The van der Waals surface area contributed by atoms with Crippen LogP contribution in [-0.2, 0) is 4.79 Å². The van der Waals surface area contributed by atoms with E-state index in [1.807, 2.05) is 32.6 Å². The molecule has 0 aliphatic carbocycles. The maximum Gasteiger partial charge on any atom is 0.326 e. The predicted octanol–water partition coefficient (Wildman–Crippen LogP) is 3.30. The Balaban J connectivity index is 3.28. The van der Waals surface area contributed by atoms with Gasteiger partial charge >= 0.3 is 5.97 Å². The molecule has 3 nitrogen and oxygen atoms in total. The number of carboxylic acid groups (broad SMARTS) is 1. The number of rotatable bonds is 5. The quantitative estimate of drug-likeness (QED) is 0.870. The predicted molar refractivity (Wildman–Crippen MR) is 75.4 cm³/mol. The minimum absolute atomic E-state index is 0.449. The number of likely N-dealkylation sites (N-methyl/N-ethyl adjacent to an activating group) is 1. The molecule has 3 heteroatoms. The second kappa shape index (κ2) is 5.89. The Labute approximate surface area is 109 Å². The fourth-order valence-corrected chi connectivity index (χ4v) is 2.69. The molecule has 0 unspecified atom stereocenters. The summed E-state index contributed by atoms with van der Waals surface area (Å²) in [6.45, 7) is 10.8. The van der Waals surface area contributed by atoms with Crippen molar-refractivity contribution in [3.8, 4) is 0 Å². The van der Waals surface area contributed by atoms with Gasteiger partial charge in [-0.2, -0.15) is 0 Å². The van der Waals surface area contributed by atoms with Crippen molar-refractivity contribution in [3.63, 3.8) is 0 Å². The van der Waals surface area contributed by atoms with Gasteiger partial charge in [-0.1, -0.05) is 24.6 Å². The highest BCUT2D eigenvalue weighted by molar-refractivity contribution is 5.79. The Hall–Kier alpha value is -1.51. The van der Waals surface area contributed by atoms with E-state index in [1.54, 1.807) is 0 Å². The van der Waals surface area contributed by atoms with Gasteiger partial charge in [0.15, 0.2) is 0 Å². The molecule has 18 heavy (non-hydrogen) atoms. The maximum atomic E-state index is 11.4. The summed E-state index contributed by atoms with van der Waals surface area (Å²) in [5, 5.41) is 9.33. The summed E-state index contributed by atoms with van der Waals surface area (Å²) in [4.78, 5) is 13.3. The number of anilines is 1. The molecule has 100 valence electrons. The normalized spacial score (nSPS) is 12.3. The van der Waals surface area contributed by atoms with Crippen LogP contribution in [0.3, 0.4) is 0 Å². The largest absolute Gasteiger partial charge is 0.480 e. The first-order chi connectivity index (χ1) is 8.42. The zero-order valence-corrected chi connectivity index (χ0v) is 11.9. The van der Waals surface area contributed by atoms with Crippen LogP contribution in [0.4, 0.5) is 5.69 Å². The molecule has 0 amide bonds. The average Bonchev–Trinajstić information content (AvgIpc) is 2.25. The number of hydrogen-bond donors (Lipinski definition) is 1. The standard InChI is InChI=1S/C15H23NO2/c1-6-13(15(17)18)16(7-2)14-11(4)8-10(3)9-12(14)5/h8-9,13H,6-7H2,1-5H3,(H,17,18)/t13-/m0/s1. The number of nitrogens with zero attached hydrogens (tertiary/aromatic N) is 1. The molecule has 0 spiro atoms. The lowest BCUT2D eigenvalue weighted by Crippen LogP contribution is -2.41. The molecule has 1 aromatic carbocycles. The van der Waals surface area contributed by atoms with Crippen LogP contribution in [0.25, 0.3) is 0 Å². The summed E-state index contributed by atoms with van der Waals surface area (Å²) in [5.41, 5.74) is 4.58. The monoisotopic (exact) mass is 249 g/mol. The van der Waals surface area contributed by atoms with E-state index < -0.39 is 12.0 Å². The fraction of sp³-hybridized carbons (Fsp3) is 0.533. The summed E-state index contributed by atoms with van der Waals surface area (Å²) in [6, 6.07) is 3.77. The SMILES string of the molecule is CC[C@@H](C(=O)O)N(CC)c1c(C)cc(C)cc1C. The van der Waals surface area contributed by atoms with Crippen LogP contribution in [0.1, 0.15) is 37.0 Å². The molecule has 1 N–H and O–H groups in total. The molecule has 1 rings (SSSR count). The molecule has 0 aliphatic heterocycles. The van der Waals surface area contributed by atoms with Crippen molar-refractivity contribution < 1.29 is 9.90 Å². The van der Waals surface area contributed by atoms with E-state index in [4.69, 9.17) is 0 Å². The van der Waals surface area contributed by atoms with Gasteiger partial charge in [0.05, 0.1) is 0 Å². The lowest BCUT2D eigenvalue weighted by atomic mass is 10.0. The molecule has 0 radical (unpaired) electrons. The molecule has 0 fully saturated rings. The Kier molecular flexibility index (Phi) is 4.76. The Morgan fingerprint density at radius 2 is 1.72 bits per heavy atom. The van der Waals surface area contributed by atoms with Crippen LogP contribution < -0.4 is 4.90 Å². The van der Waals surface area contributed by atoms with Crippen molar-refractivity contribution in [2.75, 3.05) is 11.4 Å². The number of benzene rings is 1. The van der Waals surface area contributed by atoms with E-state index in [0.29, 0.717) is 13.0 Å². The molecular weight excluding hydrogens is 226 g/mol. The zero-order chi connectivity index (χ0) is 13.9. The Morgan fingerprint density at radius 1 is 1.22 bits per heavy atom. The Bertz CT molecular complexity index is 417. The van der Waals surface area contributed by atoms with Gasteiger partial charge in [0.1, 0.15) is 6.04 Å². The smallest absolute Gasteiger partial charge is 0.326 e. The number of hydrogen-bond acceptors (Lipinski definition) is 2. The molecule has 1 aromatic rings. The Morgan fingerprint density at radius 3 is 2.06 bits per heavy atom. The molecule has 0 aliphatic rings. The summed E-state index contributed by atoms with van der Waals surface area (Å²) >= 11 is 0. The summed E-state index contributed by atoms with van der Waals surface area (Å²) < 4.78 is 0. The third kappa shape index (κ3) is 2.84. The summed E-state index contributed by atoms with van der Waals surface area (Å²) in [7, 11) is 0. The third-order valence-corrected chi connectivity index (χ3v) is 3.31. The van der Waals surface area contributed by atoms with Crippen molar-refractivity contribution >= 4 is 11.7 Å². The molecule has 1 atom stereocenters. The number of carboxylic acids is 1. The fourth-order valence-electron chi connectivity index (χ4n) is 2.69. The second-order valence-electron chi connectivity index (χ2n) is 4.80. The van der Waals surface area contributed by atoms with Gasteiger partial charge in [-0.3, -0.25) is 0 Å². The number of aliphatic carboxylic acids is 1. The maximum absolute atomic E-state index is 11.4. The van der Waals surface area contributed by atoms with Crippen molar-refractivity contribution in [2.45, 2.75) is 47.1 Å². The number of carbonyl (C=O) groups is 1. The van der Waals surface area contributed by atoms with E-state index in [1.165, 1.54) is 5.56 Å². The van der Waals surface area contributed by atoms with Crippen molar-refractivity contribution in [1.29, 1.82) is 0 Å². The molecule has 0 aromatic heterocycles. The van der Waals surface area contributed by atoms with Crippen molar-refractivity contribution in [3.05, 3.63) is 28.8 Å². The molecular formula is C15H23NO2. The molecule has 0 saturated carbocycles. The average molecular weight is 249 g/mol. The zero-order valence-electron chi connectivity index (χ0n) is 11.9. The first-order valence-corrected chi connectivity index (χ1v) is 6.49.